The summed E-state index contributed by atoms with van der Waals surface area (Å²) in [5.41, 5.74) is -0.557. The van der Waals surface area contributed by atoms with Crippen LogP contribution >= 0.6 is 0 Å². The SMILES string of the molecule is CC(C)(C)OC(=O)N1CCC[C@@H]([N+](=O)[O-])C1. The van der Waals surface area contributed by atoms with Crippen LogP contribution in [0.4, 0.5) is 4.79 Å². The summed E-state index contributed by atoms with van der Waals surface area (Å²) in [4.78, 5) is 23.4. The average molecular weight is 230 g/mol. The maximum atomic E-state index is 11.7. The molecule has 0 aliphatic carbocycles. The van der Waals surface area contributed by atoms with Crippen molar-refractivity contribution >= 4 is 6.09 Å². The minimum Gasteiger partial charge on any atom is -0.444 e. The lowest BCUT2D eigenvalue weighted by molar-refractivity contribution is -0.525. The fourth-order valence-electron chi connectivity index (χ4n) is 1.62. The summed E-state index contributed by atoms with van der Waals surface area (Å²) in [6, 6.07) is -0.652. The van der Waals surface area contributed by atoms with Crippen molar-refractivity contribution in [3.8, 4) is 0 Å². The third kappa shape index (κ3) is 3.67. The van der Waals surface area contributed by atoms with Crippen molar-refractivity contribution in [1.29, 1.82) is 0 Å². The van der Waals surface area contributed by atoms with E-state index in [2.05, 4.69) is 0 Å². The number of likely N-dealkylation sites (tertiary alicyclic amines) is 1. The number of piperidine rings is 1. The average Bonchev–Trinajstić information content (AvgIpc) is 2.15. The van der Waals surface area contributed by atoms with Crippen molar-refractivity contribution in [2.75, 3.05) is 13.1 Å². The second-order valence-corrected chi connectivity index (χ2v) is 5.01. The van der Waals surface area contributed by atoms with E-state index in [9.17, 15) is 14.9 Å². The highest BCUT2D eigenvalue weighted by atomic mass is 16.6. The fraction of sp³-hybridized carbons (Fsp3) is 0.900. The summed E-state index contributed by atoms with van der Waals surface area (Å²) in [6.45, 7) is 6.03. The maximum Gasteiger partial charge on any atom is 0.410 e. The number of ether oxygens (including phenoxy) is 1. The van der Waals surface area contributed by atoms with Gasteiger partial charge >= 0.3 is 6.09 Å². The summed E-state index contributed by atoms with van der Waals surface area (Å²) in [5.74, 6) is 0. The molecule has 1 aliphatic heterocycles. The molecule has 1 fully saturated rings. The quantitative estimate of drug-likeness (QED) is 0.507. The van der Waals surface area contributed by atoms with Crippen molar-refractivity contribution in [1.82, 2.24) is 4.90 Å². The van der Waals surface area contributed by atoms with Crippen LogP contribution in [0.2, 0.25) is 0 Å². The molecule has 0 radical (unpaired) electrons. The molecule has 0 unspecified atom stereocenters. The summed E-state index contributed by atoms with van der Waals surface area (Å²) < 4.78 is 5.17. The topological polar surface area (TPSA) is 72.7 Å². The molecule has 16 heavy (non-hydrogen) atoms. The molecule has 0 aromatic heterocycles. The Morgan fingerprint density at radius 3 is 2.62 bits per heavy atom. The van der Waals surface area contributed by atoms with Gasteiger partial charge in [-0.05, 0) is 27.2 Å². The first kappa shape index (κ1) is 12.7. The summed E-state index contributed by atoms with van der Waals surface area (Å²) in [5, 5.41) is 10.6. The smallest absolute Gasteiger partial charge is 0.410 e. The van der Waals surface area contributed by atoms with Gasteiger partial charge in [0.1, 0.15) is 5.60 Å². The molecular formula is C10H18N2O4. The normalized spacial score (nSPS) is 21.7. The van der Waals surface area contributed by atoms with Crippen molar-refractivity contribution in [3.05, 3.63) is 10.1 Å². The van der Waals surface area contributed by atoms with Crippen LogP contribution < -0.4 is 0 Å². The molecule has 1 rings (SSSR count). The van der Waals surface area contributed by atoms with Gasteiger partial charge in [-0.2, -0.15) is 0 Å². The minimum atomic E-state index is -0.652. The Kier molecular flexibility index (Phi) is 3.72. The molecule has 1 atom stereocenters. The van der Waals surface area contributed by atoms with Crippen LogP contribution in [0.1, 0.15) is 33.6 Å². The van der Waals surface area contributed by atoms with E-state index in [0.717, 1.165) is 0 Å². The first-order chi connectivity index (χ1) is 7.29. The number of carbonyl (C=O) groups is 1. The van der Waals surface area contributed by atoms with E-state index in [-0.39, 0.29) is 11.5 Å². The molecule has 0 bridgehead atoms. The molecule has 6 heteroatoms. The van der Waals surface area contributed by atoms with Crippen molar-refractivity contribution in [2.24, 2.45) is 0 Å². The lowest BCUT2D eigenvalue weighted by Gasteiger charge is -2.30. The molecule has 0 saturated carbocycles. The van der Waals surface area contributed by atoms with E-state index in [1.54, 1.807) is 20.8 Å². The largest absolute Gasteiger partial charge is 0.444 e. The molecular weight excluding hydrogens is 212 g/mol. The highest BCUT2D eigenvalue weighted by molar-refractivity contribution is 5.68. The van der Waals surface area contributed by atoms with Crippen LogP contribution in [0, 0.1) is 10.1 Å². The fourth-order valence-corrected chi connectivity index (χ4v) is 1.62. The van der Waals surface area contributed by atoms with Crippen molar-refractivity contribution in [2.45, 2.75) is 45.3 Å². The number of rotatable bonds is 1. The summed E-state index contributed by atoms with van der Waals surface area (Å²) in [6.07, 6.45) is 0.732. The van der Waals surface area contributed by atoms with Crippen LogP contribution in [0.25, 0.3) is 0 Å². The van der Waals surface area contributed by atoms with Crippen LogP contribution in [0.15, 0.2) is 0 Å². The van der Waals surface area contributed by atoms with E-state index in [1.807, 2.05) is 0 Å². The number of hydrogen-bond acceptors (Lipinski definition) is 4. The Morgan fingerprint density at radius 1 is 1.50 bits per heavy atom. The van der Waals surface area contributed by atoms with Crippen molar-refractivity contribution < 1.29 is 14.5 Å². The number of amides is 1. The van der Waals surface area contributed by atoms with Crippen LogP contribution in [0.3, 0.4) is 0 Å². The Balaban J connectivity index is 2.54. The molecule has 6 nitrogen and oxygen atoms in total. The first-order valence-electron chi connectivity index (χ1n) is 5.41. The second-order valence-electron chi connectivity index (χ2n) is 5.01. The predicted octanol–water partition coefficient (Wildman–Crippen LogP) is 1.66. The van der Waals surface area contributed by atoms with Gasteiger partial charge in [0.25, 0.3) is 0 Å². The van der Waals surface area contributed by atoms with E-state index in [1.165, 1.54) is 4.90 Å². The zero-order valence-electron chi connectivity index (χ0n) is 9.93. The van der Waals surface area contributed by atoms with Gasteiger partial charge in [0, 0.05) is 17.9 Å². The van der Waals surface area contributed by atoms with Gasteiger partial charge in [-0.1, -0.05) is 0 Å². The van der Waals surface area contributed by atoms with Crippen molar-refractivity contribution in [3.63, 3.8) is 0 Å². The predicted molar refractivity (Wildman–Crippen MR) is 57.8 cm³/mol. The van der Waals surface area contributed by atoms with Gasteiger partial charge in [-0.3, -0.25) is 10.1 Å². The molecule has 1 aliphatic rings. The molecule has 0 aromatic rings. The van der Waals surface area contributed by atoms with Crippen LogP contribution in [-0.4, -0.2) is 40.6 Å². The van der Waals surface area contributed by atoms with E-state index in [0.29, 0.717) is 19.4 Å². The minimum absolute atomic E-state index is 0.155. The Morgan fingerprint density at radius 2 is 2.12 bits per heavy atom. The van der Waals surface area contributed by atoms with Crippen LogP contribution in [0.5, 0.6) is 0 Å². The van der Waals surface area contributed by atoms with Gasteiger partial charge in [-0.25, -0.2) is 4.79 Å². The van der Waals surface area contributed by atoms with E-state index >= 15 is 0 Å². The summed E-state index contributed by atoms with van der Waals surface area (Å²) >= 11 is 0. The molecule has 0 N–H and O–H groups in total. The Labute approximate surface area is 94.7 Å². The van der Waals surface area contributed by atoms with Gasteiger partial charge in [0.2, 0.25) is 6.04 Å². The standard InChI is InChI=1S/C10H18N2O4/c1-10(2,3)16-9(13)11-6-4-5-8(7-11)12(14)15/h8H,4-7H2,1-3H3/t8-/m1/s1. The molecule has 0 spiro atoms. The van der Waals surface area contributed by atoms with Gasteiger partial charge in [0.15, 0.2) is 0 Å². The van der Waals surface area contributed by atoms with Crippen LogP contribution in [-0.2, 0) is 4.74 Å². The van der Waals surface area contributed by atoms with E-state index < -0.39 is 17.7 Å². The van der Waals surface area contributed by atoms with Gasteiger partial charge in [-0.15, -0.1) is 0 Å². The molecule has 92 valence electrons. The zero-order valence-corrected chi connectivity index (χ0v) is 9.93. The maximum absolute atomic E-state index is 11.7. The number of hydrogen-bond donors (Lipinski definition) is 0. The Bertz CT molecular complexity index is 285. The molecule has 1 amide bonds. The van der Waals surface area contributed by atoms with E-state index in [4.69, 9.17) is 4.74 Å². The van der Waals surface area contributed by atoms with Gasteiger partial charge < -0.3 is 9.64 Å². The Hall–Kier alpha value is -1.33. The second kappa shape index (κ2) is 4.67. The lowest BCUT2D eigenvalue weighted by atomic mass is 10.1. The number of carbonyl (C=O) groups excluding carboxylic acids is 1. The number of nitro groups is 1. The first-order valence-corrected chi connectivity index (χ1v) is 5.41. The summed E-state index contributed by atoms with van der Waals surface area (Å²) in [7, 11) is 0. The third-order valence-electron chi connectivity index (χ3n) is 2.35. The highest BCUT2D eigenvalue weighted by Gasteiger charge is 2.32. The highest BCUT2D eigenvalue weighted by Crippen LogP contribution is 2.16. The lowest BCUT2D eigenvalue weighted by Crippen LogP contribution is -2.46. The molecule has 0 aromatic carbocycles. The molecule has 1 heterocycles. The monoisotopic (exact) mass is 230 g/mol. The zero-order chi connectivity index (χ0) is 12.3. The van der Waals surface area contributed by atoms with Gasteiger partial charge in [0.05, 0.1) is 6.54 Å². The number of nitrogens with zero attached hydrogens (tertiary/aromatic N) is 2. The third-order valence-corrected chi connectivity index (χ3v) is 2.35. The molecule has 1 saturated heterocycles.